The van der Waals surface area contributed by atoms with E-state index in [2.05, 4.69) is 90.6 Å². The van der Waals surface area contributed by atoms with E-state index in [4.69, 9.17) is 4.99 Å². The number of rotatable bonds is 8. The molecule has 0 radical (unpaired) electrons. The molecular formula is C25H42IN7. The molecule has 0 bridgehead atoms. The zero-order valence-corrected chi connectivity index (χ0v) is 23.5. The molecular weight excluding hydrogens is 525 g/mol. The molecule has 1 unspecified atom stereocenters. The number of para-hydroxylation sites is 1. The molecule has 184 valence electrons. The Balaban J connectivity index is 0.00000385. The highest BCUT2D eigenvalue weighted by molar-refractivity contribution is 14.0. The van der Waals surface area contributed by atoms with E-state index in [0.717, 1.165) is 67.9 Å². The second kappa shape index (κ2) is 13.3. The summed E-state index contributed by atoms with van der Waals surface area (Å²) in [6.07, 6.45) is 0. The van der Waals surface area contributed by atoms with E-state index >= 15 is 0 Å². The van der Waals surface area contributed by atoms with Crippen molar-refractivity contribution >= 4 is 29.9 Å². The number of piperazine rings is 1. The van der Waals surface area contributed by atoms with Crippen LogP contribution in [0, 0.1) is 19.8 Å². The number of aryl methyl sites for hydroxylation is 2. The van der Waals surface area contributed by atoms with Crippen molar-refractivity contribution in [1.82, 2.24) is 30.2 Å². The average Bonchev–Trinajstić information content (AvgIpc) is 3.11. The van der Waals surface area contributed by atoms with Gasteiger partial charge in [0.2, 0.25) is 0 Å². The van der Waals surface area contributed by atoms with Gasteiger partial charge < -0.3 is 15.5 Å². The third-order valence-electron chi connectivity index (χ3n) is 6.24. The first kappa shape index (κ1) is 27.6. The van der Waals surface area contributed by atoms with Crippen LogP contribution in [-0.2, 0) is 6.54 Å². The molecule has 0 aliphatic carbocycles. The summed E-state index contributed by atoms with van der Waals surface area (Å²) in [4.78, 5) is 9.96. The van der Waals surface area contributed by atoms with Crippen LogP contribution < -0.4 is 10.6 Å². The first-order chi connectivity index (χ1) is 15.4. The van der Waals surface area contributed by atoms with Gasteiger partial charge in [-0.1, -0.05) is 32.0 Å². The summed E-state index contributed by atoms with van der Waals surface area (Å²) in [7, 11) is 2.21. The minimum atomic E-state index is 0. The van der Waals surface area contributed by atoms with Crippen molar-refractivity contribution in [3.05, 3.63) is 47.3 Å². The first-order valence-corrected chi connectivity index (χ1v) is 11.9. The lowest BCUT2D eigenvalue weighted by Crippen LogP contribution is -2.55. The molecule has 2 aromatic rings. The minimum absolute atomic E-state index is 0. The van der Waals surface area contributed by atoms with Crippen LogP contribution in [0.3, 0.4) is 0 Å². The largest absolute Gasteiger partial charge is 0.357 e. The number of hydrogen-bond acceptors (Lipinski definition) is 4. The Bertz CT molecular complexity index is 885. The fourth-order valence-corrected chi connectivity index (χ4v) is 4.37. The number of halogens is 1. The average molecular weight is 568 g/mol. The van der Waals surface area contributed by atoms with Crippen LogP contribution in [-0.4, -0.2) is 77.9 Å². The number of aromatic nitrogens is 2. The van der Waals surface area contributed by atoms with E-state index in [1.165, 1.54) is 0 Å². The van der Waals surface area contributed by atoms with Crippen LogP contribution in [0.4, 0.5) is 0 Å². The first-order valence-electron chi connectivity index (χ1n) is 11.9. The van der Waals surface area contributed by atoms with Crippen molar-refractivity contribution in [2.45, 2.75) is 47.2 Å². The molecule has 33 heavy (non-hydrogen) atoms. The third kappa shape index (κ3) is 7.68. The number of likely N-dealkylation sites (N-methyl/N-ethyl adjacent to an activating group) is 1. The highest BCUT2D eigenvalue weighted by Crippen LogP contribution is 2.18. The number of benzene rings is 1. The van der Waals surface area contributed by atoms with Gasteiger partial charge in [0.15, 0.2) is 5.96 Å². The van der Waals surface area contributed by atoms with Gasteiger partial charge >= 0.3 is 0 Å². The monoisotopic (exact) mass is 567 g/mol. The van der Waals surface area contributed by atoms with Gasteiger partial charge in [-0.15, -0.1) is 24.0 Å². The van der Waals surface area contributed by atoms with Crippen LogP contribution in [0.2, 0.25) is 0 Å². The molecule has 1 aliphatic rings. The van der Waals surface area contributed by atoms with E-state index in [-0.39, 0.29) is 24.0 Å². The number of nitrogens with one attached hydrogen (secondary N) is 2. The van der Waals surface area contributed by atoms with Crippen molar-refractivity contribution in [2.75, 3.05) is 46.3 Å². The Kier molecular flexibility index (Phi) is 11.1. The van der Waals surface area contributed by atoms with Crippen molar-refractivity contribution < 1.29 is 0 Å². The van der Waals surface area contributed by atoms with Crippen LogP contribution in [0.1, 0.15) is 37.7 Å². The summed E-state index contributed by atoms with van der Waals surface area (Å²) in [5.41, 5.74) is 4.42. The molecule has 7 nitrogen and oxygen atoms in total. The summed E-state index contributed by atoms with van der Waals surface area (Å²) in [5, 5.41) is 11.7. The third-order valence-corrected chi connectivity index (χ3v) is 6.24. The van der Waals surface area contributed by atoms with E-state index in [0.29, 0.717) is 18.5 Å². The lowest BCUT2D eigenvalue weighted by Gasteiger charge is -2.40. The Morgan fingerprint density at radius 1 is 1.09 bits per heavy atom. The van der Waals surface area contributed by atoms with Gasteiger partial charge in [-0.05, 0) is 51.4 Å². The van der Waals surface area contributed by atoms with Crippen molar-refractivity contribution in [3.8, 4) is 5.69 Å². The van der Waals surface area contributed by atoms with Gasteiger partial charge in [-0.25, -0.2) is 9.67 Å². The maximum absolute atomic E-state index is 4.92. The highest BCUT2D eigenvalue weighted by Gasteiger charge is 2.25. The van der Waals surface area contributed by atoms with Crippen LogP contribution in [0.15, 0.2) is 35.3 Å². The van der Waals surface area contributed by atoms with Gasteiger partial charge in [0.1, 0.15) is 0 Å². The fraction of sp³-hybridized carbons (Fsp3) is 0.600. The molecule has 2 heterocycles. The molecule has 1 fully saturated rings. The van der Waals surface area contributed by atoms with Crippen molar-refractivity contribution in [1.29, 1.82) is 0 Å². The SMILES string of the molecule is CCNC(=NCc1ccccc1-n1nc(C)cc1C)NCC(C(C)C)N1CCN(C)CC1.I. The Hall–Kier alpha value is -1.65. The maximum atomic E-state index is 4.92. The predicted molar refractivity (Wildman–Crippen MR) is 149 cm³/mol. The summed E-state index contributed by atoms with van der Waals surface area (Å²) in [5.74, 6) is 1.45. The smallest absolute Gasteiger partial charge is 0.191 e. The molecule has 1 aliphatic heterocycles. The summed E-state index contributed by atoms with van der Waals surface area (Å²) < 4.78 is 2.02. The van der Waals surface area contributed by atoms with E-state index < -0.39 is 0 Å². The van der Waals surface area contributed by atoms with Crippen LogP contribution in [0.5, 0.6) is 0 Å². The summed E-state index contributed by atoms with van der Waals surface area (Å²) in [6, 6.07) is 11.0. The number of guanidine groups is 1. The Labute approximate surface area is 217 Å². The summed E-state index contributed by atoms with van der Waals surface area (Å²) >= 11 is 0. The van der Waals surface area contributed by atoms with Crippen LogP contribution in [0.25, 0.3) is 5.69 Å². The van der Waals surface area contributed by atoms with Crippen molar-refractivity contribution in [2.24, 2.45) is 10.9 Å². The fourth-order valence-electron chi connectivity index (χ4n) is 4.37. The van der Waals surface area contributed by atoms with Crippen molar-refractivity contribution in [3.63, 3.8) is 0 Å². The molecule has 1 aromatic heterocycles. The molecule has 1 aromatic carbocycles. The molecule has 3 rings (SSSR count). The highest BCUT2D eigenvalue weighted by atomic mass is 127. The summed E-state index contributed by atoms with van der Waals surface area (Å²) in [6.45, 7) is 17.7. The molecule has 0 saturated carbocycles. The normalized spacial score (nSPS) is 16.5. The number of aliphatic imine (C=N–C) groups is 1. The Morgan fingerprint density at radius 2 is 1.79 bits per heavy atom. The molecule has 0 spiro atoms. The van der Waals surface area contributed by atoms with E-state index in [1.807, 2.05) is 11.6 Å². The predicted octanol–water partition coefficient (Wildman–Crippen LogP) is 3.43. The van der Waals surface area contributed by atoms with Crippen LogP contribution >= 0.6 is 24.0 Å². The van der Waals surface area contributed by atoms with E-state index in [1.54, 1.807) is 0 Å². The second-order valence-electron chi connectivity index (χ2n) is 9.19. The lowest BCUT2D eigenvalue weighted by molar-refractivity contribution is 0.0900. The zero-order chi connectivity index (χ0) is 23.1. The minimum Gasteiger partial charge on any atom is -0.357 e. The van der Waals surface area contributed by atoms with Gasteiger partial charge in [0.25, 0.3) is 0 Å². The van der Waals surface area contributed by atoms with Gasteiger partial charge in [-0.3, -0.25) is 4.90 Å². The topological polar surface area (TPSA) is 60.7 Å². The quantitative estimate of drug-likeness (QED) is 0.291. The second-order valence-corrected chi connectivity index (χ2v) is 9.19. The van der Waals surface area contributed by atoms with Gasteiger partial charge in [0, 0.05) is 51.0 Å². The number of nitrogens with zero attached hydrogens (tertiary/aromatic N) is 5. The molecule has 1 saturated heterocycles. The molecule has 8 heteroatoms. The molecule has 1 atom stereocenters. The lowest BCUT2D eigenvalue weighted by atomic mass is 10.0. The van der Waals surface area contributed by atoms with Gasteiger partial charge in [-0.2, -0.15) is 5.10 Å². The molecule has 2 N–H and O–H groups in total. The standard InChI is InChI=1S/C25H41N7.HI/c1-7-26-25(28-18-24(19(2)3)31-14-12-30(6)13-15-31)27-17-22-10-8-9-11-23(22)32-21(5)16-20(4)29-32;/h8-11,16,19,24H,7,12-15,17-18H2,1-6H3,(H2,26,27,28);1H. The maximum Gasteiger partial charge on any atom is 0.191 e. The van der Waals surface area contributed by atoms with Gasteiger partial charge in [0.05, 0.1) is 17.9 Å². The molecule has 0 amide bonds. The Morgan fingerprint density at radius 3 is 2.39 bits per heavy atom. The van der Waals surface area contributed by atoms with E-state index in [9.17, 15) is 0 Å². The number of hydrogen-bond donors (Lipinski definition) is 2. The zero-order valence-electron chi connectivity index (χ0n) is 21.1.